The minimum absolute atomic E-state index is 0.875. The lowest BCUT2D eigenvalue weighted by Crippen LogP contribution is -2.01. The molecule has 1 nitrogen and oxygen atoms in total. The van der Waals surface area contributed by atoms with Gasteiger partial charge < -0.3 is 4.74 Å². The lowest BCUT2D eigenvalue weighted by atomic mass is 10.1. The SMILES string of the molecule is Cc1cccc(CCOCC2CC2)c1. The molecule has 0 unspecified atom stereocenters. The maximum absolute atomic E-state index is 5.60. The number of hydrogen-bond acceptors (Lipinski definition) is 1. The molecule has 0 spiro atoms. The molecule has 0 N–H and O–H groups in total. The molecule has 0 bridgehead atoms. The summed E-state index contributed by atoms with van der Waals surface area (Å²) >= 11 is 0. The fourth-order valence-electron chi connectivity index (χ4n) is 1.59. The molecule has 0 aromatic heterocycles. The molecule has 1 aromatic rings. The zero-order valence-electron chi connectivity index (χ0n) is 8.83. The van der Waals surface area contributed by atoms with Gasteiger partial charge in [0, 0.05) is 6.61 Å². The monoisotopic (exact) mass is 190 g/mol. The Kier molecular flexibility index (Phi) is 3.20. The average molecular weight is 190 g/mol. The van der Waals surface area contributed by atoms with Gasteiger partial charge in [0.25, 0.3) is 0 Å². The average Bonchev–Trinajstić information content (AvgIpc) is 2.96. The maximum atomic E-state index is 5.60. The number of ether oxygens (including phenoxy) is 1. The van der Waals surface area contributed by atoms with E-state index in [0.29, 0.717) is 0 Å². The molecular weight excluding hydrogens is 172 g/mol. The highest BCUT2D eigenvalue weighted by molar-refractivity contribution is 5.22. The van der Waals surface area contributed by atoms with Crippen LogP contribution in [0.4, 0.5) is 0 Å². The lowest BCUT2D eigenvalue weighted by Gasteiger charge is -2.03. The summed E-state index contributed by atoms with van der Waals surface area (Å²) in [7, 11) is 0. The Labute approximate surface area is 86.1 Å². The molecule has 1 aliphatic rings. The van der Waals surface area contributed by atoms with Gasteiger partial charge in [-0.05, 0) is 37.7 Å². The molecular formula is C13H18O. The van der Waals surface area contributed by atoms with E-state index < -0.39 is 0 Å². The molecule has 0 atom stereocenters. The van der Waals surface area contributed by atoms with E-state index in [4.69, 9.17) is 4.74 Å². The van der Waals surface area contributed by atoms with E-state index in [1.165, 1.54) is 24.0 Å². The predicted molar refractivity (Wildman–Crippen MR) is 58.4 cm³/mol. The van der Waals surface area contributed by atoms with Crippen LogP contribution in [0.25, 0.3) is 0 Å². The number of aryl methyl sites for hydroxylation is 1. The van der Waals surface area contributed by atoms with Crippen LogP contribution in [0.5, 0.6) is 0 Å². The van der Waals surface area contributed by atoms with Gasteiger partial charge in [0.05, 0.1) is 6.61 Å². The second kappa shape index (κ2) is 4.61. The maximum Gasteiger partial charge on any atom is 0.0506 e. The lowest BCUT2D eigenvalue weighted by molar-refractivity contribution is 0.127. The first kappa shape index (κ1) is 9.72. The second-order valence-electron chi connectivity index (χ2n) is 4.26. The Hall–Kier alpha value is -0.820. The van der Waals surface area contributed by atoms with Crippen molar-refractivity contribution in [3.63, 3.8) is 0 Å². The summed E-state index contributed by atoms with van der Waals surface area (Å²) in [5.74, 6) is 0.882. The zero-order chi connectivity index (χ0) is 9.80. The van der Waals surface area contributed by atoms with Crippen LogP contribution in [-0.4, -0.2) is 13.2 Å². The fraction of sp³-hybridized carbons (Fsp3) is 0.538. The minimum Gasteiger partial charge on any atom is -0.381 e. The normalized spacial score (nSPS) is 15.8. The van der Waals surface area contributed by atoms with Crippen molar-refractivity contribution in [3.05, 3.63) is 35.4 Å². The smallest absolute Gasteiger partial charge is 0.0506 e. The first-order valence-corrected chi connectivity index (χ1v) is 5.48. The minimum atomic E-state index is 0.875. The summed E-state index contributed by atoms with van der Waals surface area (Å²) in [6.45, 7) is 3.99. The zero-order valence-corrected chi connectivity index (χ0v) is 8.83. The number of rotatable bonds is 5. The van der Waals surface area contributed by atoms with Crippen LogP contribution < -0.4 is 0 Å². The van der Waals surface area contributed by atoms with Gasteiger partial charge in [-0.3, -0.25) is 0 Å². The molecule has 0 heterocycles. The summed E-state index contributed by atoms with van der Waals surface area (Å²) in [4.78, 5) is 0. The molecule has 0 radical (unpaired) electrons. The van der Waals surface area contributed by atoms with Crippen molar-refractivity contribution in [1.82, 2.24) is 0 Å². The predicted octanol–water partition coefficient (Wildman–Crippen LogP) is 2.96. The van der Waals surface area contributed by atoms with Gasteiger partial charge in [0.15, 0.2) is 0 Å². The molecule has 0 saturated heterocycles. The van der Waals surface area contributed by atoms with Gasteiger partial charge in [0.2, 0.25) is 0 Å². The molecule has 0 amide bonds. The topological polar surface area (TPSA) is 9.23 Å². The van der Waals surface area contributed by atoms with Crippen molar-refractivity contribution >= 4 is 0 Å². The van der Waals surface area contributed by atoms with E-state index >= 15 is 0 Å². The third-order valence-corrected chi connectivity index (χ3v) is 2.67. The highest BCUT2D eigenvalue weighted by atomic mass is 16.5. The van der Waals surface area contributed by atoms with E-state index in [2.05, 4.69) is 31.2 Å². The van der Waals surface area contributed by atoms with Crippen molar-refractivity contribution in [1.29, 1.82) is 0 Å². The quantitative estimate of drug-likeness (QED) is 0.649. The van der Waals surface area contributed by atoms with Crippen molar-refractivity contribution in [2.75, 3.05) is 13.2 Å². The summed E-state index contributed by atoms with van der Waals surface area (Å²) in [6.07, 6.45) is 3.81. The highest BCUT2D eigenvalue weighted by Crippen LogP contribution is 2.28. The van der Waals surface area contributed by atoms with E-state index in [1.807, 2.05) is 0 Å². The van der Waals surface area contributed by atoms with Gasteiger partial charge in [-0.2, -0.15) is 0 Å². The molecule has 0 aliphatic heterocycles. The molecule has 1 heteroatoms. The van der Waals surface area contributed by atoms with E-state index in [9.17, 15) is 0 Å². The second-order valence-corrected chi connectivity index (χ2v) is 4.26. The van der Waals surface area contributed by atoms with Crippen LogP contribution in [0.3, 0.4) is 0 Å². The summed E-state index contributed by atoms with van der Waals surface area (Å²) < 4.78 is 5.60. The van der Waals surface area contributed by atoms with Crippen LogP contribution in [-0.2, 0) is 11.2 Å². The third-order valence-electron chi connectivity index (χ3n) is 2.67. The number of hydrogen-bond donors (Lipinski definition) is 0. The Balaban J connectivity index is 1.68. The van der Waals surface area contributed by atoms with E-state index in [1.54, 1.807) is 0 Å². The van der Waals surface area contributed by atoms with E-state index in [0.717, 1.165) is 25.6 Å². The molecule has 76 valence electrons. The largest absolute Gasteiger partial charge is 0.381 e. The van der Waals surface area contributed by atoms with Crippen molar-refractivity contribution in [3.8, 4) is 0 Å². The van der Waals surface area contributed by atoms with Crippen molar-refractivity contribution < 1.29 is 4.74 Å². The summed E-state index contributed by atoms with van der Waals surface area (Å²) in [6, 6.07) is 8.66. The van der Waals surface area contributed by atoms with Crippen LogP contribution in [0, 0.1) is 12.8 Å². The standard InChI is InChI=1S/C13H18O/c1-11-3-2-4-12(9-11)7-8-14-10-13-5-6-13/h2-4,9,13H,5-8,10H2,1H3. The van der Waals surface area contributed by atoms with Crippen LogP contribution in [0.1, 0.15) is 24.0 Å². The Morgan fingerprint density at radius 1 is 1.36 bits per heavy atom. The van der Waals surface area contributed by atoms with E-state index in [-0.39, 0.29) is 0 Å². The Morgan fingerprint density at radius 3 is 2.93 bits per heavy atom. The summed E-state index contributed by atoms with van der Waals surface area (Å²) in [5, 5.41) is 0. The summed E-state index contributed by atoms with van der Waals surface area (Å²) in [5.41, 5.74) is 2.73. The van der Waals surface area contributed by atoms with Gasteiger partial charge in [-0.15, -0.1) is 0 Å². The molecule has 14 heavy (non-hydrogen) atoms. The Bertz CT molecular complexity index is 289. The van der Waals surface area contributed by atoms with Gasteiger partial charge >= 0.3 is 0 Å². The molecule has 2 rings (SSSR count). The first-order valence-electron chi connectivity index (χ1n) is 5.48. The van der Waals surface area contributed by atoms with Gasteiger partial charge in [-0.25, -0.2) is 0 Å². The Morgan fingerprint density at radius 2 is 2.21 bits per heavy atom. The molecule has 1 fully saturated rings. The van der Waals surface area contributed by atoms with Crippen LogP contribution in [0.2, 0.25) is 0 Å². The third kappa shape index (κ3) is 3.15. The molecule has 1 saturated carbocycles. The van der Waals surface area contributed by atoms with Crippen LogP contribution >= 0.6 is 0 Å². The molecule has 1 aromatic carbocycles. The number of benzene rings is 1. The van der Waals surface area contributed by atoms with Gasteiger partial charge in [0.1, 0.15) is 0 Å². The fourth-order valence-corrected chi connectivity index (χ4v) is 1.59. The van der Waals surface area contributed by atoms with Crippen molar-refractivity contribution in [2.24, 2.45) is 5.92 Å². The first-order chi connectivity index (χ1) is 6.84. The van der Waals surface area contributed by atoms with Crippen molar-refractivity contribution in [2.45, 2.75) is 26.2 Å². The highest BCUT2D eigenvalue weighted by Gasteiger charge is 2.20. The van der Waals surface area contributed by atoms with Gasteiger partial charge in [-0.1, -0.05) is 29.8 Å². The molecule has 1 aliphatic carbocycles. The van der Waals surface area contributed by atoms with Crippen LogP contribution in [0.15, 0.2) is 24.3 Å².